The molecular formula is C21H20N2O2S. The molecule has 0 saturated carbocycles. The van der Waals surface area contributed by atoms with Crippen molar-refractivity contribution in [3.63, 3.8) is 0 Å². The van der Waals surface area contributed by atoms with Crippen LogP contribution in [-0.2, 0) is 4.79 Å². The first-order chi connectivity index (χ1) is 12.6. The highest BCUT2D eigenvalue weighted by Crippen LogP contribution is 2.53. The van der Waals surface area contributed by atoms with E-state index in [0.29, 0.717) is 11.3 Å². The SMILES string of the molecule is NC(=O)C1(N(C(=O)c2ccccc2)c2ccccc2)S[C@H]2C=C[C@@H]1CC2. The summed E-state index contributed by atoms with van der Waals surface area (Å²) in [6.45, 7) is 0. The maximum Gasteiger partial charge on any atom is 0.259 e. The molecule has 2 amide bonds. The zero-order valence-electron chi connectivity index (χ0n) is 14.2. The molecule has 0 spiro atoms. The molecule has 1 unspecified atom stereocenters. The molecule has 2 bridgehead atoms. The summed E-state index contributed by atoms with van der Waals surface area (Å²) in [5.41, 5.74) is 7.19. The van der Waals surface area contributed by atoms with Gasteiger partial charge in [-0.25, -0.2) is 0 Å². The number of nitrogens with zero attached hydrogens (tertiary/aromatic N) is 1. The van der Waals surface area contributed by atoms with Gasteiger partial charge in [0, 0.05) is 22.4 Å². The van der Waals surface area contributed by atoms with Crippen LogP contribution in [0.3, 0.4) is 0 Å². The Morgan fingerprint density at radius 2 is 1.62 bits per heavy atom. The van der Waals surface area contributed by atoms with Crippen LogP contribution in [0.1, 0.15) is 23.2 Å². The van der Waals surface area contributed by atoms with Gasteiger partial charge in [-0.05, 0) is 37.1 Å². The number of fused-ring (bicyclic) bond motifs is 2. The summed E-state index contributed by atoms with van der Waals surface area (Å²) in [4.78, 5) is 26.8. The molecule has 0 aromatic heterocycles. The first-order valence-electron chi connectivity index (χ1n) is 8.73. The predicted molar refractivity (Wildman–Crippen MR) is 105 cm³/mol. The predicted octanol–water partition coefficient (Wildman–Crippen LogP) is 3.60. The van der Waals surface area contributed by atoms with E-state index in [2.05, 4.69) is 12.2 Å². The summed E-state index contributed by atoms with van der Waals surface area (Å²) in [6.07, 6.45) is 6.05. The normalized spacial score (nSPS) is 26.5. The van der Waals surface area contributed by atoms with Crippen molar-refractivity contribution in [3.05, 3.63) is 78.4 Å². The number of carbonyl (C=O) groups excluding carboxylic acids is 2. The maximum atomic E-state index is 13.5. The number of rotatable bonds is 4. The average molecular weight is 364 g/mol. The summed E-state index contributed by atoms with van der Waals surface area (Å²) in [7, 11) is 0. The summed E-state index contributed by atoms with van der Waals surface area (Å²) in [5.74, 6) is -0.762. The molecule has 2 aromatic carbocycles. The van der Waals surface area contributed by atoms with E-state index in [1.807, 2.05) is 48.5 Å². The standard InChI is InChI=1S/C21H20N2O2S/c22-20(25)21(16-11-13-18(26-21)14-12-16)23(17-9-5-2-6-10-17)19(24)15-7-3-1-4-8-15/h1-11,13,16,18H,12,14H2,(H2,22,25)/t16-,18+,21?/m1/s1. The highest BCUT2D eigenvalue weighted by Gasteiger charge is 2.56. The van der Waals surface area contributed by atoms with Gasteiger partial charge in [0.25, 0.3) is 11.8 Å². The number of hydrogen-bond acceptors (Lipinski definition) is 3. The fourth-order valence-electron chi connectivity index (χ4n) is 3.85. The molecule has 132 valence electrons. The van der Waals surface area contributed by atoms with Crippen molar-refractivity contribution in [2.45, 2.75) is 23.0 Å². The van der Waals surface area contributed by atoms with Crippen molar-refractivity contribution in [1.82, 2.24) is 0 Å². The van der Waals surface area contributed by atoms with Crippen molar-refractivity contribution < 1.29 is 9.59 Å². The van der Waals surface area contributed by atoms with Gasteiger partial charge in [-0.15, -0.1) is 11.8 Å². The Kier molecular flexibility index (Phi) is 4.32. The third-order valence-electron chi connectivity index (χ3n) is 5.08. The van der Waals surface area contributed by atoms with Crippen LogP contribution < -0.4 is 10.6 Å². The molecule has 2 N–H and O–H groups in total. The minimum Gasteiger partial charge on any atom is -0.367 e. The lowest BCUT2D eigenvalue weighted by atomic mass is 9.85. The topological polar surface area (TPSA) is 63.4 Å². The van der Waals surface area contributed by atoms with Gasteiger partial charge in [-0.2, -0.15) is 0 Å². The molecule has 26 heavy (non-hydrogen) atoms. The second kappa shape index (κ2) is 6.65. The highest BCUT2D eigenvalue weighted by atomic mass is 32.2. The van der Waals surface area contributed by atoms with Crippen LogP contribution in [0.25, 0.3) is 0 Å². The molecule has 3 atom stereocenters. The van der Waals surface area contributed by atoms with E-state index in [-0.39, 0.29) is 17.1 Å². The Labute approximate surface area is 157 Å². The number of para-hydroxylation sites is 1. The van der Waals surface area contributed by atoms with Crippen LogP contribution in [0, 0.1) is 5.92 Å². The van der Waals surface area contributed by atoms with E-state index in [0.717, 1.165) is 12.8 Å². The smallest absolute Gasteiger partial charge is 0.259 e. The van der Waals surface area contributed by atoms with Crippen molar-refractivity contribution in [3.8, 4) is 0 Å². The molecule has 1 fully saturated rings. The monoisotopic (exact) mass is 364 g/mol. The lowest BCUT2D eigenvalue weighted by molar-refractivity contribution is -0.121. The lowest BCUT2D eigenvalue weighted by Crippen LogP contribution is -2.64. The Hall–Kier alpha value is -2.53. The molecule has 2 aromatic rings. The van der Waals surface area contributed by atoms with Crippen LogP contribution in [0.15, 0.2) is 72.8 Å². The number of carbonyl (C=O) groups is 2. The maximum absolute atomic E-state index is 13.5. The molecule has 5 rings (SSSR count). The summed E-state index contributed by atoms with van der Waals surface area (Å²) in [6, 6.07) is 18.4. The molecule has 3 aliphatic rings. The second-order valence-electron chi connectivity index (χ2n) is 6.63. The van der Waals surface area contributed by atoms with Gasteiger partial charge in [-0.1, -0.05) is 48.6 Å². The summed E-state index contributed by atoms with van der Waals surface area (Å²) in [5, 5.41) is 0.197. The van der Waals surface area contributed by atoms with Gasteiger partial charge in [0.1, 0.15) is 0 Å². The molecular weight excluding hydrogens is 344 g/mol. The van der Waals surface area contributed by atoms with Crippen molar-refractivity contribution in [2.24, 2.45) is 11.7 Å². The average Bonchev–Trinajstić information content (AvgIpc) is 2.70. The van der Waals surface area contributed by atoms with Gasteiger partial charge in [-0.3, -0.25) is 14.5 Å². The number of hydrogen-bond donors (Lipinski definition) is 1. The Morgan fingerprint density at radius 3 is 2.12 bits per heavy atom. The Bertz CT molecular complexity index is 853. The molecule has 1 saturated heterocycles. The second-order valence-corrected chi connectivity index (χ2v) is 8.09. The summed E-state index contributed by atoms with van der Waals surface area (Å²) >= 11 is 1.51. The molecule has 4 nitrogen and oxygen atoms in total. The minimum atomic E-state index is -1.11. The number of amides is 2. The largest absolute Gasteiger partial charge is 0.367 e. The molecule has 2 aliphatic heterocycles. The van der Waals surface area contributed by atoms with Gasteiger partial charge < -0.3 is 5.73 Å². The third-order valence-corrected chi connectivity index (χ3v) is 6.82. The first kappa shape index (κ1) is 16.9. The van der Waals surface area contributed by atoms with Crippen molar-refractivity contribution in [2.75, 3.05) is 4.90 Å². The molecule has 0 radical (unpaired) electrons. The quantitative estimate of drug-likeness (QED) is 0.843. The Morgan fingerprint density at radius 1 is 0.962 bits per heavy atom. The van der Waals surface area contributed by atoms with E-state index >= 15 is 0 Å². The molecule has 1 aliphatic carbocycles. The van der Waals surface area contributed by atoms with E-state index in [9.17, 15) is 9.59 Å². The number of thioether (sulfide) groups is 1. The molecule has 2 heterocycles. The number of primary amides is 1. The fraction of sp³-hybridized carbons (Fsp3) is 0.238. The molecule has 5 heteroatoms. The van der Waals surface area contributed by atoms with Crippen LogP contribution in [0.5, 0.6) is 0 Å². The number of anilines is 1. The first-order valence-corrected chi connectivity index (χ1v) is 9.61. The van der Waals surface area contributed by atoms with E-state index < -0.39 is 10.8 Å². The van der Waals surface area contributed by atoms with Gasteiger partial charge >= 0.3 is 0 Å². The van der Waals surface area contributed by atoms with Crippen LogP contribution in [0.2, 0.25) is 0 Å². The van der Waals surface area contributed by atoms with Gasteiger partial charge in [0.2, 0.25) is 0 Å². The summed E-state index contributed by atoms with van der Waals surface area (Å²) < 4.78 is 0. The van der Waals surface area contributed by atoms with E-state index in [1.54, 1.807) is 17.0 Å². The minimum absolute atomic E-state index is 0.0946. The Balaban J connectivity index is 1.89. The zero-order chi connectivity index (χ0) is 18.1. The van der Waals surface area contributed by atoms with Crippen molar-refractivity contribution >= 4 is 29.3 Å². The fourth-order valence-corrected chi connectivity index (χ4v) is 5.52. The number of nitrogens with two attached hydrogens (primary N) is 1. The zero-order valence-corrected chi connectivity index (χ0v) is 15.1. The number of benzene rings is 2. The van der Waals surface area contributed by atoms with Gasteiger partial charge in [0.15, 0.2) is 4.87 Å². The third kappa shape index (κ3) is 2.63. The van der Waals surface area contributed by atoms with E-state index in [4.69, 9.17) is 5.73 Å². The van der Waals surface area contributed by atoms with Crippen LogP contribution in [-0.4, -0.2) is 21.9 Å². The van der Waals surface area contributed by atoms with Crippen LogP contribution >= 0.6 is 11.8 Å². The lowest BCUT2D eigenvalue weighted by Gasteiger charge is -2.51. The highest BCUT2D eigenvalue weighted by molar-refractivity contribution is 8.02. The van der Waals surface area contributed by atoms with E-state index in [1.165, 1.54) is 11.8 Å². The van der Waals surface area contributed by atoms with Gasteiger partial charge in [0.05, 0.1) is 0 Å². The van der Waals surface area contributed by atoms with Crippen LogP contribution in [0.4, 0.5) is 5.69 Å². The van der Waals surface area contributed by atoms with Crippen molar-refractivity contribution in [1.29, 1.82) is 0 Å².